The number of hydrogen-bond donors (Lipinski definition) is 1. The lowest BCUT2D eigenvalue weighted by molar-refractivity contribution is -0.147. The Morgan fingerprint density at radius 2 is 1.43 bits per heavy atom. The molecule has 0 saturated heterocycles. The minimum atomic E-state index is -3.33. The average Bonchev–Trinajstić information content (AvgIpc) is 2.73. The number of carbonyl (C=O) groups is 2. The predicted molar refractivity (Wildman–Crippen MR) is 116 cm³/mol. The van der Waals surface area contributed by atoms with Gasteiger partial charge in [0, 0.05) is 6.42 Å². The van der Waals surface area contributed by atoms with Crippen LogP contribution in [0.1, 0.15) is 17.5 Å². The lowest BCUT2D eigenvalue weighted by atomic mass is 10.2. The first-order chi connectivity index (χ1) is 14.3. The molecular weight excluding hydrogens is 448 g/mol. The van der Waals surface area contributed by atoms with Gasteiger partial charge in [0.2, 0.25) is 0 Å². The van der Waals surface area contributed by atoms with Gasteiger partial charge in [0.15, 0.2) is 0 Å². The van der Waals surface area contributed by atoms with Crippen LogP contribution in [0.3, 0.4) is 0 Å². The molecule has 0 saturated carbocycles. The number of halogens is 2. The fourth-order valence-corrected chi connectivity index (χ4v) is 2.91. The van der Waals surface area contributed by atoms with Crippen molar-refractivity contribution in [2.45, 2.75) is 25.7 Å². The highest BCUT2D eigenvalue weighted by molar-refractivity contribution is 8.08. The molecule has 0 spiro atoms. The van der Waals surface area contributed by atoms with Gasteiger partial charge in [-0.25, -0.2) is 9.59 Å². The molecule has 158 valence electrons. The summed E-state index contributed by atoms with van der Waals surface area (Å²) in [5, 5.41) is 2.45. The monoisotopic (exact) mass is 467 g/mol. The molecule has 1 atom stereocenters. The van der Waals surface area contributed by atoms with E-state index < -0.39 is 24.0 Å². The third-order valence-corrected chi connectivity index (χ3v) is 4.95. The summed E-state index contributed by atoms with van der Waals surface area (Å²) in [6, 6.07) is 17.1. The lowest BCUT2D eigenvalue weighted by Gasteiger charge is -2.16. The fraction of sp³-hybridized carbons (Fsp3) is 0.238. The van der Waals surface area contributed by atoms with E-state index in [4.69, 9.17) is 32.0 Å². The van der Waals surface area contributed by atoms with Crippen LogP contribution < -0.4 is 5.32 Å². The van der Waals surface area contributed by atoms with Crippen LogP contribution in [0.4, 0.5) is 4.79 Å². The van der Waals surface area contributed by atoms with Crippen molar-refractivity contribution in [3.8, 4) is 11.8 Å². The lowest BCUT2D eigenvalue weighted by Crippen LogP contribution is -2.41. The van der Waals surface area contributed by atoms with Gasteiger partial charge < -0.3 is 14.8 Å². The zero-order valence-electron chi connectivity index (χ0n) is 15.9. The standard InChI is InChI=1S/C21H20Cl2NO5P/c22-30(23,27)14-8-7-13-19(20(25)28-15-17-9-3-1-4-10-17)24-21(26)29-16-18-11-5-2-6-12-18/h1-6,9-12,19H,13-16H2,(H,24,26)/t19-/m0/s1. The largest absolute Gasteiger partial charge is 0.459 e. The summed E-state index contributed by atoms with van der Waals surface area (Å²) >= 11 is 10.9. The summed E-state index contributed by atoms with van der Waals surface area (Å²) in [5.41, 5.74) is 1.60. The number of benzene rings is 2. The number of hydrogen-bond acceptors (Lipinski definition) is 5. The fourth-order valence-electron chi connectivity index (χ4n) is 2.25. The van der Waals surface area contributed by atoms with Gasteiger partial charge in [-0.15, -0.1) is 0 Å². The normalized spacial score (nSPS) is 11.5. The van der Waals surface area contributed by atoms with E-state index in [1.54, 1.807) is 12.1 Å². The number of rotatable bonds is 8. The summed E-state index contributed by atoms with van der Waals surface area (Å²) < 4.78 is 21.7. The molecule has 0 heterocycles. The van der Waals surface area contributed by atoms with Gasteiger partial charge in [0.05, 0.1) is 6.16 Å². The Hall–Kier alpha value is -2.45. The summed E-state index contributed by atoms with van der Waals surface area (Å²) in [7, 11) is 0. The molecule has 0 bridgehead atoms. The van der Waals surface area contributed by atoms with Crippen molar-refractivity contribution in [1.29, 1.82) is 0 Å². The predicted octanol–water partition coefficient (Wildman–Crippen LogP) is 5.09. The first kappa shape index (κ1) is 23.8. The minimum Gasteiger partial charge on any atom is -0.459 e. The molecule has 1 amide bonds. The minimum absolute atomic E-state index is 0.0446. The zero-order valence-corrected chi connectivity index (χ0v) is 18.3. The van der Waals surface area contributed by atoms with Gasteiger partial charge in [-0.05, 0) is 33.6 Å². The van der Waals surface area contributed by atoms with Crippen LogP contribution in [-0.2, 0) is 32.0 Å². The molecule has 2 rings (SSSR count). The molecule has 30 heavy (non-hydrogen) atoms. The smallest absolute Gasteiger partial charge is 0.408 e. The molecule has 0 aromatic heterocycles. The Labute approximate surface area is 184 Å². The second kappa shape index (κ2) is 12.3. The topological polar surface area (TPSA) is 81.7 Å². The molecular formula is C21H20Cl2NO5P. The summed E-state index contributed by atoms with van der Waals surface area (Å²) in [4.78, 5) is 24.6. The summed E-state index contributed by atoms with van der Waals surface area (Å²) in [6.45, 7) is 0.0920. The third kappa shape index (κ3) is 9.84. The van der Waals surface area contributed by atoms with E-state index in [2.05, 4.69) is 17.2 Å². The SMILES string of the molecule is O=C(N[C@@H](CC#CCP(=O)(Cl)Cl)C(=O)OCc1ccccc1)OCc1ccccc1. The van der Waals surface area contributed by atoms with Crippen molar-refractivity contribution in [3.05, 3.63) is 71.8 Å². The van der Waals surface area contributed by atoms with E-state index >= 15 is 0 Å². The van der Waals surface area contributed by atoms with Crippen molar-refractivity contribution < 1.29 is 23.6 Å². The summed E-state index contributed by atoms with van der Waals surface area (Å²) in [6.07, 6.45) is -1.09. The molecule has 6 nitrogen and oxygen atoms in total. The Kier molecular flexibility index (Phi) is 9.76. The average molecular weight is 468 g/mol. The van der Waals surface area contributed by atoms with Gasteiger partial charge in [-0.2, -0.15) is 0 Å². The third-order valence-electron chi connectivity index (χ3n) is 3.71. The molecule has 0 aliphatic carbocycles. The van der Waals surface area contributed by atoms with Gasteiger partial charge in [0.1, 0.15) is 19.3 Å². The van der Waals surface area contributed by atoms with E-state index in [0.29, 0.717) is 0 Å². The maximum atomic E-state index is 12.5. The molecule has 1 N–H and O–H groups in total. The number of ether oxygens (including phenoxy) is 2. The van der Waals surface area contributed by atoms with Crippen molar-refractivity contribution in [3.63, 3.8) is 0 Å². The zero-order chi connectivity index (χ0) is 21.8. The van der Waals surface area contributed by atoms with Crippen LogP contribution in [0, 0.1) is 11.8 Å². The van der Waals surface area contributed by atoms with Crippen molar-refractivity contribution >= 4 is 40.4 Å². The number of carbonyl (C=O) groups excluding carboxylic acids is 2. The van der Waals surface area contributed by atoms with E-state index in [9.17, 15) is 14.2 Å². The van der Waals surface area contributed by atoms with E-state index in [1.165, 1.54) is 0 Å². The molecule has 0 aliphatic rings. The van der Waals surface area contributed by atoms with Gasteiger partial charge >= 0.3 is 12.1 Å². The Morgan fingerprint density at radius 1 is 0.900 bits per heavy atom. The van der Waals surface area contributed by atoms with Crippen molar-refractivity contribution in [2.24, 2.45) is 0 Å². The summed E-state index contributed by atoms with van der Waals surface area (Å²) in [5.74, 6) is 1.17. The maximum absolute atomic E-state index is 12.5. The highest BCUT2D eigenvalue weighted by Gasteiger charge is 2.22. The molecule has 0 aliphatic heterocycles. The first-order valence-electron chi connectivity index (χ1n) is 8.95. The highest BCUT2D eigenvalue weighted by Crippen LogP contribution is 2.55. The van der Waals surface area contributed by atoms with Crippen molar-refractivity contribution in [2.75, 3.05) is 6.16 Å². The quantitative estimate of drug-likeness (QED) is 0.332. The number of amides is 1. The molecule has 0 radical (unpaired) electrons. The maximum Gasteiger partial charge on any atom is 0.408 e. The van der Waals surface area contributed by atoms with Gasteiger partial charge in [-0.1, -0.05) is 72.5 Å². The molecule has 2 aromatic carbocycles. The molecule has 9 heteroatoms. The number of nitrogens with one attached hydrogen (secondary N) is 1. The van der Waals surface area contributed by atoms with Gasteiger partial charge in [-0.3, -0.25) is 4.57 Å². The van der Waals surface area contributed by atoms with E-state index in [0.717, 1.165) is 11.1 Å². The van der Waals surface area contributed by atoms with Crippen LogP contribution in [-0.4, -0.2) is 24.3 Å². The second-order valence-electron chi connectivity index (χ2n) is 6.14. The number of alkyl carbamates (subject to hydrolysis) is 1. The van der Waals surface area contributed by atoms with Gasteiger partial charge in [0.25, 0.3) is 5.85 Å². The van der Waals surface area contributed by atoms with Crippen LogP contribution in [0.25, 0.3) is 0 Å². The van der Waals surface area contributed by atoms with Crippen LogP contribution in [0.15, 0.2) is 60.7 Å². The van der Waals surface area contributed by atoms with Crippen LogP contribution in [0.2, 0.25) is 0 Å². The van der Waals surface area contributed by atoms with Crippen LogP contribution in [0.5, 0.6) is 0 Å². The molecule has 2 aromatic rings. The van der Waals surface area contributed by atoms with Crippen molar-refractivity contribution in [1.82, 2.24) is 5.32 Å². The number of esters is 1. The molecule has 0 fully saturated rings. The highest BCUT2D eigenvalue weighted by atomic mass is 35.9. The Balaban J connectivity index is 1.95. The Morgan fingerprint density at radius 3 is 1.97 bits per heavy atom. The first-order valence-corrected chi connectivity index (χ1v) is 12.7. The Bertz CT molecular complexity index is 938. The second-order valence-corrected chi connectivity index (χ2v) is 11.4. The van der Waals surface area contributed by atoms with E-state index in [-0.39, 0.29) is 25.8 Å². The molecule has 0 unspecified atom stereocenters. The van der Waals surface area contributed by atoms with Crippen LogP contribution >= 0.6 is 28.3 Å². The van der Waals surface area contributed by atoms with E-state index in [1.807, 2.05) is 48.5 Å².